The summed E-state index contributed by atoms with van der Waals surface area (Å²) in [5, 5.41) is 14.1. The maximum absolute atomic E-state index is 11.4. The van der Waals surface area contributed by atoms with E-state index in [1.807, 2.05) is 29.2 Å². The first-order chi connectivity index (χ1) is 13.1. The smallest absolute Gasteiger partial charge is 0.229 e. The van der Waals surface area contributed by atoms with Gasteiger partial charge in [0.1, 0.15) is 5.75 Å². The van der Waals surface area contributed by atoms with Crippen LogP contribution in [0.4, 0.5) is 17.5 Å². The number of primary amides is 1. The third-order valence-corrected chi connectivity index (χ3v) is 4.70. The van der Waals surface area contributed by atoms with Gasteiger partial charge in [-0.25, -0.2) is 0 Å². The number of hydrogen-bond acceptors (Lipinski definition) is 8. The van der Waals surface area contributed by atoms with Crippen molar-refractivity contribution in [1.29, 1.82) is 0 Å². The van der Waals surface area contributed by atoms with Crippen molar-refractivity contribution in [3.8, 4) is 5.75 Å². The first-order valence-electron chi connectivity index (χ1n) is 8.68. The Labute approximate surface area is 155 Å². The Morgan fingerprint density at radius 1 is 1.22 bits per heavy atom. The summed E-state index contributed by atoms with van der Waals surface area (Å²) in [6, 6.07) is 7.51. The minimum absolute atomic E-state index is 0.0890. The molecule has 0 atom stereocenters. The average Bonchev–Trinajstić information content (AvgIpc) is 3.17. The van der Waals surface area contributed by atoms with Crippen LogP contribution >= 0.6 is 0 Å². The molecule has 3 aromatic rings. The fraction of sp³-hybridized carbons (Fsp3) is 0.353. The lowest BCUT2D eigenvalue weighted by Crippen LogP contribution is -2.39. The summed E-state index contributed by atoms with van der Waals surface area (Å²) in [5.41, 5.74) is 7.29. The van der Waals surface area contributed by atoms with Gasteiger partial charge >= 0.3 is 0 Å². The molecule has 1 aliphatic rings. The predicted molar refractivity (Wildman–Crippen MR) is 99.9 cm³/mol. The SMILES string of the molecule is COc1ccc(Nc2nc(N3CCC(C(N)=O)CC3)nc3n[nH]nc23)cc1. The third-order valence-electron chi connectivity index (χ3n) is 4.70. The van der Waals surface area contributed by atoms with Gasteiger partial charge in [0, 0.05) is 24.7 Å². The number of methoxy groups -OCH3 is 1. The minimum atomic E-state index is -0.246. The van der Waals surface area contributed by atoms with Gasteiger partial charge in [-0.1, -0.05) is 0 Å². The van der Waals surface area contributed by atoms with E-state index in [1.165, 1.54) is 0 Å². The van der Waals surface area contributed by atoms with Crippen LogP contribution in [-0.2, 0) is 4.79 Å². The van der Waals surface area contributed by atoms with E-state index in [0.717, 1.165) is 11.4 Å². The Morgan fingerprint density at radius 2 is 1.96 bits per heavy atom. The highest BCUT2D eigenvalue weighted by Crippen LogP contribution is 2.27. The van der Waals surface area contributed by atoms with Crippen LogP contribution in [0.3, 0.4) is 0 Å². The number of nitrogens with one attached hydrogen (secondary N) is 2. The van der Waals surface area contributed by atoms with Crippen LogP contribution in [0.25, 0.3) is 11.2 Å². The molecular weight excluding hydrogens is 348 g/mol. The number of nitrogens with two attached hydrogens (primary N) is 1. The number of amides is 1. The number of aromatic nitrogens is 5. The summed E-state index contributed by atoms with van der Waals surface area (Å²) < 4.78 is 5.18. The van der Waals surface area contributed by atoms with Gasteiger partial charge in [-0.2, -0.15) is 20.3 Å². The van der Waals surface area contributed by atoms with E-state index in [2.05, 4.69) is 30.7 Å². The molecule has 0 bridgehead atoms. The number of aromatic amines is 1. The zero-order valence-corrected chi connectivity index (χ0v) is 14.8. The van der Waals surface area contributed by atoms with E-state index >= 15 is 0 Å². The standard InChI is InChI=1S/C17H20N8O2/c1-27-12-4-2-11(3-5-12)19-15-13-16(23-24-22-13)21-17(20-15)25-8-6-10(7-9-25)14(18)26/h2-5,10H,6-9H2,1H3,(H2,18,26)(H2,19,20,21,22,23,24). The molecule has 0 saturated carbocycles. The van der Waals surface area contributed by atoms with Crippen LogP contribution in [0.2, 0.25) is 0 Å². The fourth-order valence-electron chi connectivity index (χ4n) is 3.14. The number of nitrogens with zero attached hydrogens (tertiary/aromatic N) is 5. The van der Waals surface area contributed by atoms with Gasteiger partial charge in [0.15, 0.2) is 11.3 Å². The minimum Gasteiger partial charge on any atom is -0.497 e. The maximum atomic E-state index is 11.4. The van der Waals surface area contributed by atoms with Crippen molar-refractivity contribution in [3.05, 3.63) is 24.3 Å². The number of ether oxygens (including phenoxy) is 1. The van der Waals surface area contributed by atoms with E-state index in [4.69, 9.17) is 10.5 Å². The third kappa shape index (κ3) is 3.46. The molecule has 0 radical (unpaired) electrons. The van der Waals surface area contributed by atoms with E-state index in [1.54, 1.807) is 7.11 Å². The van der Waals surface area contributed by atoms with Crippen molar-refractivity contribution < 1.29 is 9.53 Å². The van der Waals surface area contributed by atoms with Crippen molar-refractivity contribution >= 4 is 34.5 Å². The fourth-order valence-corrected chi connectivity index (χ4v) is 3.14. The molecule has 1 aromatic carbocycles. The first kappa shape index (κ1) is 17.0. The lowest BCUT2D eigenvalue weighted by atomic mass is 9.96. The Morgan fingerprint density at radius 3 is 2.63 bits per heavy atom. The molecule has 0 unspecified atom stereocenters. The largest absolute Gasteiger partial charge is 0.497 e. The van der Waals surface area contributed by atoms with Crippen molar-refractivity contribution in [1.82, 2.24) is 25.4 Å². The Bertz CT molecular complexity index is 947. The van der Waals surface area contributed by atoms with Crippen LogP contribution in [0.5, 0.6) is 5.75 Å². The number of H-pyrrole nitrogens is 1. The lowest BCUT2D eigenvalue weighted by Gasteiger charge is -2.30. The number of fused-ring (bicyclic) bond motifs is 1. The van der Waals surface area contributed by atoms with Crippen molar-refractivity contribution in [2.45, 2.75) is 12.8 Å². The number of benzene rings is 1. The van der Waals surface area contributed by atoms with Gasteiger partial charge in [0.05, 0.1) is 7.11 Å². The summed E-state index contributed by atoms with van der Waals surface area (Å²) >= 11 is 0. The molecule has 27 heavy (non-hydrogen) atoms. The second-order valence-corrected chi connectivity index (χ2v) is 6.39. The van der Waals surface area contributed by atoms with Crippen LogP contribution in [-0.4, -0.2) is 51.5 Å². The van der Waals surface area contributed by atoms with Crippen LogP contribution in [0.15, 0.2) is 24.3 Å². The molecule has 3 heterocycles. The molecule has 10 heteroatoms. The van der Waals surface area contributed by atoms with Crippen molar-refractivity contribution in [3.63, 3.8) is 0 Å². The Kier molecular flexibility index (Phi) is 4.45. The first-order valence-corrected chi connectivity index (χ1v) is 8.68. The summed E-state index contributed by atoms with van der Waals surface area (Å²) in [5.74, 6) is 1.55. The monoisotopic (exact) mass is 368 g/mol. The predicted octanol–water partition coefficient (Wildman–Crippen LogP) is 1.20. The lowest BCUT2D eigenvalue weighted by molar-refractivity contribution is -0.122. The van der Waals surface area contributed by atoms with E-state index < -0.39 is 0 Å². The highest BCUT2D eigenvalue weighted by Gasteiger charge is 2.25. The zero-order valence-electron chi connectivity index (χ0n) is 14.8. The van der Waals surface area contributed by atoms with Gasteiger partial charge in [-0.3, -0.25) is 4.79 Å². The second kappa shape index (κ2) is 7.06. The van der Waals surface area contributed by atoms with Gasteiger partial charge in [-0.05, 0) is 37.1 Å². The quantitative estimate of drug-likeness (QED) is 0.611. The highest BCUT2D eigenvalue weighted by molar-refractivity contribution is 5.85. The summed E-state index contributed by atoms with van der Waals surface area (Å²) in [6.07, 6.45) is 1.38. The number of carbonyl (C=O) groups excluding carboxylic acids is 1. The molecule has 10 nitrogen and oxygen atoms in total. The van der Waals surface area contributed by atoms with E-state index in [0.29, 0.717) is 48.9 Å². The summed E-state index contributed by atoms with van der Waals surface area (Å²) in [7, 11) is 1.62. The van der Waals surface area contributed by atoms with Gasteiger partial charge in [0.25, 0.3) is 0 Å². The highest BCUT2D eigenvalue weighted by atomic mass is 16.5. The maximum Gasteiger partial charge on any atom is 0.229 e. The number of carbonyl (C=O) groups is 1. The zero-order chi connectivity index (χ0) is 18.8. The molecule has 1 saturated heterocycles. The topological polar surface area (TPSA) is 135 Å². The Balaban J connectivity index is 1.60. The van der Waals surface area contributed by atoms with Gasteiger partial charge in [0.2, 0.25) is 17.5 Å². The van der Waals surface area contributed by atoms with E-state index in [9.17, 15) is 4.79 Å². The average molecular weight is 368 g/mol. The Hall–Kier alpha value is -3.43. The molecule has 4 rings (SSSR count). The normalized spacial score (nSPS) is 15.1. The molecule has 0 spiro atoms. The summed E-state index contributed by atoms with van der Waals surface area (Å²) in [6.45, 7) is 1.33. The molecule has 4 N–H and O–H groups in total. The number of hydrogen-bond donors (Lipinski definition) is 3. The molecule has 1 aliphatic heterocycles. The van der Waals surface area contributed by atoms with Gasteiger partial charge in [-0.15, -0.1) is 5.10 Å². The summed E-state index contributed by atoms with van der Waals surface area (Å²) in [4.78, 5) is 22.5. The molecule has 0 aliphatic carbocycles. The van der Waals surface area contributed by atoms with Crippen molar-refractivity contribution in [2.75, 3.05) is 30.4 Å². The number of rotatable bonds is 5. The molecular formula is C17H20N8O2. The molecule has 2 aromatic heterocycles. The second-order valence-electron chi connectivity index (χ2n) is 6.39. The van der Waals surface area contributed by atoms with Crippen molar-refractivity contribution in [2.24, 2.45) is 11.7 Å². The van der Waals surface area contributed by atoms with Gasteiger partial charge < -0.3 is 20.7 Å². The van der Waals surface area contributed by atoms with Crippen LogP contribution in [0, 0.1) is 5.92 Å². The van der Waals surface area contributed by atoms with Crippen LogP contribution < -0.4 is 20.7 Å². The molecule has 1 fully saturated rings. The number of anilines is 3. The molecule has 1 amide bonds. The van der Waals surface area contributed by atoms with E-state index in [-0.39, 0.29) is 11.8 Å². The van der Waals surface area contributed by atoms with Crippen LogP contribution in [0.1, 0.15) is 12.8 Å². The number of piperidine rings is 1. The molecule has 140 valence electrons.